The van der Waals surface area contributed by atoms with E-state index in [2.05, 4.69) is 30.6 Å². The Morgan fingerprint density at radius 2 is 1.97 bits per heavy atom. The summed E-state index contributed by atoms with van der Waals surface area (Å²) < 4.78 is 38.4. The van der Waals surface area contributed by atoms with Crippen molar-refractivity contribution < 1.29 is 18.3 Å². The van der Waals surface area contributed by atoms with E-state index in [1.165, 1.54) is 56.1 Å². The van der Waals surface area contributed by atoms with Crippen molar-refractivity contribution in [2.45, 2.75) is 0 Å². The second-order valence-corrected chi connectivity index (χ2v) is 8.28. The Kier molecular flexibility index (Phi) is 6.44. The van der Waals surface area contributed by atoms with Crippen LogP contribution < -0.4 is 20.7 Å². The number of methoxy groups -OCH3 is 1. The molecule has 10 nitrogen and oxygen atoms in total. The zero-order valence-electron chi connectivity index (χ0n) is 19.4. The molecule has 1 aromatic carbocycles. The van der Waals surface area contributed by atoms with Gasteiger partial charge in [-0.05, 0) is 18.2 Å². The first-order valence-corrected chi connectivity index (χ1v) is 11.1. The van der Waals surface area contributed by atoms with E-state index in [4.69, 9.17) is 16.3 Å². The molecule has 0 bridgehead atoms. The highest BCUT2D eigenvalue weighted by atomic mass is 35.5. The van der Waals surface area contributed by atoms with Crippen LogP contribution in [0.25, 0.3) is 16.8 Å². The van der Waals surface area contributed by atoms with Crippen molar-refractivity contribution in [2.75, 3.05) is 17.7 Å². The fourth-order valence-electron chi connectivity index (χ4n) is 3.65. The van der Waals surface area contributed by atoms with Crippen molar-refractivity contribution in [2.24, 2.45) is 7.05 Å². The van der Waals surface area contributed by atoms with Gasteiger partial charge in [0.25, 0.3) is 13.3 Å². The molecule has 0 atom stereocenters. The minimum absolute atomic E-state index is 0.00442. The van der Waals surface area contributed by atoms with E-state index in [1.807, 2.05) is 0 Å². The number of anilines is 2. The smallest absolute Gasteiger partial charge is 0.288 e. The molecule has 0 aliphatic heterocycles. The van der Waals surface area contributed by atoms with Gasteiger partial charge in [-0.25, -0.2) is 18.7 Å². The van der Waals surface area contributed by atoms with Crippen molar-refractivity contribution in [3.8, 4) is 17.1 Å². The number of carbonyl (C=O) groups excluding carboxylic acids is 1. The number of rotatable bonds is 7. The van der Waals surface area contributed by atoms with Crippen LogP contribution in [-0.4, -0.2) is 49.6 Å². The Morgan fingerprint density at radius 1 is 1.14 bits per heavy atom. The maximum absolute atomic E-state index is 15.4. The average Bonchev–Trinajstić information content (AvgIpc) is 3.49. The fourth-order valence-corrected chi connectivity index (χ4v) is 3.81. The molecule has 37 heavy (non-hydrogen) atoms. The number of halogens is 3. The van der Waals surface area contributed by atoms with E-state index in [9.17, 15) is 9.18 Å². The molecule has 0 saturated carbocycles. The van der Waals surface area contributed by atoms with E-state index in [0.717, 1.165) is 6.07 Å². The van der Waals surface area contributed by atoms with Gasteiger partial charge < -0.3 is 19.7 Å². The zero-order valence-corrected chi connectivity index (χ0v) is 20.2. The van der Waals surface area contributed by atoms with Crippen LogP contribution in [0, 0.1) is 11.6 Å². The van der Waals surface area contributed by atoms with Gasteiger partial charge in [0, 0.05) is 31.1 Å². The highest BCUT2D eigenvalue weighted by Crippen LogP contribution is 2.30. The highest BCUT2D eigenvalue weighted by Gasteiger charge is 2.20. The Hall–Kier alpha value is -4.52. The molecule has 1 amide bonds. The predicted molar refractivity (Wildman–Crippen MR) is 134 cm³/mol. The van der Waals surface area contributed by atoms with Crippen molar-refractivity contribution in [1.29, 1.82) is 0 Å². The maximum atomic E-state index is 15.4. The van der Waals surface area contributed by atoms with Crippen LogP contribution in [0.15, 0.2) is 55.5 Å². The topological polar surface area (TPSA) is 111 Å². The summed E-state index contributed by atoms with van der Waals surface area (Å²) in [6, 6.07) is 3.96. The molecule has 5 rings (SSSR count). The molecule has 185 valence electrons. The molecule has 0 aliphatic carbocycles. The van der Waals surface area contributed by atoms with Crippen LogP contribution in [0.5, 0.6) is 5.88 Å². The van der Waals surface area contributed by atoms with Crippen LogP contribution >= 0.6 is 11.6 Å². The molecule has 14 heteroatoms. The van der Waals surface area contributed by atoms with Gasteiger partial charge >= 0.3 is 0 Å². The van der Waals surface area contributed by atoms with E-state index in [-0.39, 0.29) is 28.5 Å². The molecule has 5 aromatic rings. The summed E-state index contributed by atoms with van der Waals surface area (Å²) in [5, 5.41) is 9.84. The first-order chi connectivity index (χ1) is 17.8. The molecule has 2 N–H and O–H groups in total. The lowest BCUT2D eigenvalue weighted by Gasteiger charge is -2.12. The van der Waals surface area contributed by atoms with Crippen LogP contribution in [-0.2, 0) is 7.05 Å². The normalized spacial score (nSPS) is 10.9. The lowest BCUT2D eigenvalue weighted by molar-refractivity contribution is 0.102. The molecular formula is C23H17BClF2N8O2. The van der Waals surface area contributed by atoms with Crippen molar-refractivity contribution in [3.05, 3.63) is 77.9 Å². The van der Waals surface area contributed by atoms with Crippen LogP contribution in [0.4, 0.5) is 20.2 Å². The van der Waals surface area contributed by atoms with Crippen molar-refractivity contribution in [3.63, 3.8) is 0 Å². The average molecular weight is 522 g/mol. The third-order valence-corrected chi connectivity index (χ3v) is 5.57. The lowest BCUT2D eigenvalue weighted by atomic mass is 9.83. The number of hydrogen-bond donors (Lipinski definition) is 2. The number of nitrogens with one attached hydrogen (secondary N) is 2. The second-order valence-electron chi connectivity index (χ2n) is 7.84. The highest BCUT2D eigenvalue weighted by molar-refractivity contribution is 6.58. The largest absolute Gasteiger partial charge is 0.481 e. The summed E-state index contributed by atoms with van der Waals surface area (Å²) in [7, 11) is 4.60. The maximum Gasteiger partial charge on any atom is 0.288 e. The Labute approximate surface area is 214 Å². The molecule has 0 fully saturated rings. The number of hydrogen-bond acceptors (Lipinski definition) is 7. The van der Waals surface area contributed by atoms with E-state index in [0.29, 0.717) is 21.7 Å². The third kappa shape index (κ3) is 4.80. The number of benzene rings is 1. The predicted octanol–water partition coefficient (Wildman–Crippen LogP) is 3.07. The summed E-state index contributed by atoms with van der Waals surface area (Å²) in [4.78, 5) is 25.0. The van der Waals surface area contributed by atoms with E-state index >= 15 is 4.39 Å². The van der Waals surface area contributed by atoms with Crippen LogP contribution in [0.3, 0.4) is 0 Å². The first-order valence-electron chi connectivity index (χ1n) is 10.7. The number of amides is 1. The number of aromatic nitrogens is 6. The van der Waals surface area contributed by atoms with Gasteiger partial charge in [0.2, 0.25) is 5.88 Å². The fraction of sp³-hybridized carbons (Fsp3) is 0.0870. The number of aryl methyl sites for hydroxylation is 1. The molecule has 1 radical (unpaired) electrons. The number of ether oxygens (including phenoxy) is 1. The first kappa shape index (κ1) is 24.2. The molecule has 4 heterocycles. The standard InChI is InChI=1S/C23H17BClF2N8O2/c1-34-9-13(7-31-34)32-22(36)21-18-8-28-17(10-35(18)11-30-21)19-15(26)3-4-16(20(19)27)33-24-14-5-12(25)6-29-23(14)37-2/h3-11,33H,1-2H3,(H,32,36). The Morgan fingerprint density at radius 3 is 2.73 bits per heavy atom. The van der Waals surface area contributed by atoms with Gasteiger partial charge in [-0.15, -0.1) is 0 Å². The molecule has 0 spiro atoms. The SMILES string of the molecule is COc1ncc(Cl)cc1[B]Nc1ccc(F)c(-c2cn3cnc(C(=O)Nc4cnn(C)c4)c3cn2)c1F. The number of pyridine rings is 1. The minimum Gasteiger partial charge on any atom is -0.481 e. The monoisotopic (exact) mass is 521 g/mol. The quantitative estimate of drug-likeness (QED) is 0.317. The second kappa shape index (κ2) is 9.86. The molecular weight excluding hydrogens is 505 g/mol. The Bertz CT molecular complexity index is 1640. The summed E-state index contributed by atoms with van der Waals surface area (Å²) in [6.07, 6.45) is 8.63. The summed E-state index contributed by atoms with van der Waals surface area (Å²) >= 11 is 5.99. The van der Waals surface area contributed by atoms with Gasteiger partial charge in [0.15, 0.2) is 11.5 Å². The Balaban J connectivity index is 1.42. The van der Waals surface area contributed by atoms with Crippen LogP contribution in [0.1, 0.15) is 10.5 Å². The van der Waals surface area contributed by atoms with Gasteiger partial charge in [-0.3, -0.25) is 14.5 Å². The van der Waals surface area contributed by atoms with Crippen molar-refractivity contribution >= 4 is 47.3 Å². The molecule has 0 unspecified atom stereocenters. The number of nitrogens with zero attached hydrogens (tertiary/aromatic N) is 6. The van der Waals surface area contributed by atoms with E-state index in [1.54, 1.807) is 24.0 Å². The minimum atomic E-state index is -0.869. The van der Waals surface area contributed by atoms with E-state index < -0.39 is 17.5 Å². The molecule has 0 saturated heterocycles. The summed E-state index contributed by atoms with van der Waals surface area (Å²) in [6.45, 7) is 0. The number of fused-ring (bicyclic) bond motifs is 1. The van der Waals surface area contributed by atoms with Gasteiger partial charge in [-0.2, -0.15) is 5.10 Å². The third-order valence-electron chi connectivity index (χ3n) is 5.37. The molecule has 4 aromatic heterocycles. The number of carbonyl (C=O) groups is 1. The zero-order chi connectivity index (χ0) is 26.1. The van der Waals surface area contributed by atoms with Gasteiger partial charge in [-0.1, -0.05) is 11.6 Å². The number of imidazole rings is 1. The van der Waals surface area contributed by atoms with Crippen molar-refractivity contribution in [1.82, 2.24) is 29.1 Å². The van der Waals surface area contributed by atoms with Gasteiger partial charge in [0.1, 0.15) is 12.1 Å². The summed E-state index contributed by atoms with van der Waals surface area (Å²) in [5.74, 6) is -1.89. The lowest BCUT2D eigenvalue weighted by Crippen LogP contribution is -2.25. The van der Waals surface area contributed by atoms with Crippen LogP contribution in [0.2, 0.25) is 5.02 Å². The van der Waals surface area contributed by atoms with Gasteiger partial charge in [0.05, 0.1) is 52.7 Å². The summed E-state index contributed by atoms with van der Waals surface area (Å²) in [5.41, 5.74) is 1.05. The molecule has 0 aliphatic rings.